The summed E-state index contributed by atoms with van der Waals surface area (Å²) in [6.45, 7) is 7.46. The molecule has 0 bridgehead atoms. The van der Waals surface area contributed by atoms with Crippen LogP contribution < -0.4 is 0 Å². The summed E-state index contributed by atoms with van der Waals surface area (Å²) in [6, 6.07) is 0.428. The van der Waals surface area contributed by atoms with E-state index in [-0.39, 0.29) is 11.8 Å². The summed E-state index contributed by atoms with van der Waals surface area (Å²) in [5, 5.41) is 0. The molecule has 5 heteroatoms. The van der Waals surface area contributed by atoms with Crippen molar-refractivity contribution in [2.24, 2.45) is 7.05 Å². The highest BCUT2D eigenvalue weighted by Gasteiger charge is 2.36. The number of imidazole rings is 1. The van der Waals surface area contributed by atoms with Crippen molar-refractivity contribution in [1.29, 1.82) is 0 Å². The van der Waals surface area contributed by atoms with Gasteiger partial charge in [-0.3, -0.25) is 9.69 Å². The number of aryl methyl sites for hydroxylation is 1. The molecule has 0 aromatic carbocycles. The number of hydrogen-bond acceptors (Lipinski definition) is 3. The SMILES string of the molecule is CC(C)N1Cc2ncn(C)c2[C@H](C(=O)N2CC=CC2)C1. The molecular weight excluding hydrogens is 252 g/mol. The maximum Gasteiger partial charge on any atom is 0.233 e. The van der Waals surface area contributed by atoms with E-state index in [1.807, 2.05) is 22.8 Å². The minimum absolute atomic E-state index is 0.0893. The number of rotatable bonds is 2. The molecule has 0 aliphatic carbocycles. The van der Waals surface area contributed by atoms with Crippen molar-refractivity contribution in [1.82, 2.24) is 19.4 Å². The van der Waals surface area contributed by atoms with Gasteiger partial charge in [0, 0.05) is 39.3 Å². The van der Waals surface area contributed by atoms with Gasteiger partial charge in [-0.15, -0.1) is 0 Å². The Morgan fingerprint density at radius 2 is 2.05 bits per heavy atom. The van der Waals surface area contributed by atoms with E-state index in [1.54, 1.807) is 0 Å². The fourth-order valence-corrected chi connectivity index (χ4v) is 3.10. The summed E-state index contributed by atoms with van der Waals surface area (Å²) in [5.41, 5.74) is 2.15. The first-order valence-corrected chi connectivity index (χ1v) is 7.26. The van der Waals surface area contributed by atoms with Crippen LogP contribution in [-0.2, 0) is 18.4 Å². The fourth-order valence-electron chi connectivity index (χ4n) is 3.10. The number of carbonyl (C=O) groups is 1. The van der Waals surface area contributed by atoms with E-state index in [0.29, 0.717) is 6.04 Å². The van der Waals surface area contributed by atoms with Crippen LogP contribution in [0.1, 0.15) is 31.2 Å². The third kappa shape index (κ3) is 2.16. The van der Waals surface area contributed by atoms with Crippen LogP contribution in [0.25, 0.3) is 0 Å². The molecule has 1 atom stereocenters. The predicted molar refractivity (Wildman–Crippen MR) is 77.2 cm³/mol. The first kappa shape index (κ1) is 13.4. The molecule has 1 amide bonds. The molecule has 2 aliphatic heterocycles. The molecule has 1 aromatic heterocycles. The Morgan fingerprint density at radius 3 is 2.70 bits per heavy atom. The number of carbonyl (C=O) groups excluding carboxylic acids is 1. The zero-order valence-electron chi connectivity index (χ0n) is 12.4. The molecule has 0 fully saturated rings. The molecule has 0 spiro atoms. The van der Waals surface area contributed by atoms with Gasteiger partial charge in [-0.05, 0) is 13.8 Å². The quantitative estimate of drug-likeness (QED) is 0.759. The van der Waals surface area contributed by atoms with Crippen LogP contribution in [0.15, 0.2) is 18.5 Å². The molecule has 0 N–H and O–H groups in total. The first-order valence-electron chi connectivity index (χ1n) is 7.26. The lowest BCUT2D eigenvalue weighted by Crippen LogP contribution is -2.45. The maximum atomic E-state index is 12.8. The van der Waals surface area contributed by atoms with Gasteiger partial charge < -0.3 is 9.47 Å². The topological polar surface area (TPSA) is 41.4 Å². The largest absolute Gasteiger partial charge is 0.337 e. The maximum absolute atomic E-state index is 12.8. The lowest BCUT2D eigenvalue weighted by Gasteiger charge is -2.36. The molecule has 5 nitrogen and oxygen atoms in total. The molecule has 2 aliphatic rings. The van der Waals surface area contributed by atoms with E-state index in [4.69, 9.17) is 0 Å². The van der Waals surface area contributed by atoms with Crippen LogP contribution in [-0.4, -0.2) is 50.9 Å². The minimum atomic E-state index is -0.0893. The lowest BCUT2D eigenvalue weighted by molar-refractivity contribution is -0.132. The van der Waals surface area contributed by atoms with Gasteiger partial charge in [0.05, 0.1) is 23.6 Å². The molecule has 0 unspecified atom stereocenters. The van der Waals surface area contributed by atoms with E-state index in [1.165, 1.54) is 0 Å². The summed E-state index contributed by atoms with van der Waals surface area (Å²) >= 11 is 0. The average molecular weight is 274 g/mol. The van der Waals surface area contributed by atoms with E-state index in [0.717, 1.165) is 37.6 Å². The van der Waals surface area contributed by atoms with Gasteiger partial charge in [-0.25, -0.2) is 4.98 Å². The molecule has 3 heterocycles. The molecule has 0 saturated carbocycles. The Kier molecular flexibility index (Phi) is 3.38. The Morgan fingerprint density at radius 1 is 1.35 bits per heavy atom. The normalized spacial score (nSPS) is 22.6. The zero-order chi connectivity index (χ0) is 14.3. The smallest absolute Gasteiger partial charge is 0.233 e. The summed E-state index contributed by atoms with van der Waals surface area (Å²) in [6.07, 6.45) is 5.95. The number of aromatic nitrogens is 2. The van der Waals surface area contributed by atoms with Crippen molar-refractivity contribution in [3.63, 3.8) is 0 Å². The van der Waals surface area contributed by atoms with Crippen molar-refractivity contribution in [2.75, 3.05) is 19.6 Å². The summed E-state index contributed by atoms with van der Waals surface area (Å²) in [5.74, 6) is 0.138. The van der Waals surface area contributed by atoms with Crippen molar-refractivity contribution in [2.45, 2.75) is 32.4 Å². The summed E-state index contributed by atoms with van der Waals surface area (Å²) < 4.78 is 2.01. The van der Waals surface area contributed by atoms with E-state index >= 15 is 0 Å². The highest BCUT2D eigenvalue weighted by Crippen LogP contribution is 2.30. The fraction of sp³-hybridized carbons (Fsp3) is 0.600. The van der Waals surface area contributed by atoms with Crippen LogP contribution >= 0.6 is 0 Å². The number of nitrogens with zero attached hydrogens (tertiary/aromatic N) is 4. The lowest BCUT2D eigenvalue weighted by atomic mass is 9.95. The number of amides is 1. The molecule has 3 rings (SSSR count). The van der Waals surface area contributed by atoms with Gasteiger partial charge >= 0.3 is 0 Å². The predicted octanol–water partition coefficient (Wildman–Crippen LogP) is 1.13. The minimum Gasteiger partial charge on any atom is -0.337 e. The third-order valence-corrected chi connectivity index (χ3v) is 4.32. The van der Waals surface area contributed by atoms with Gasteiger partial charge in [0.15, 0.2) is 0 Å². The molecule has 0 saturated heterocycles. The van der Waals surface area contributed by atoms with Crippen LogP contribution in [0.5, 0.6) is 0 Å². The van der Waals surface area contributed by atoms with Crippen LogP contribution in [0.4, 0.5) is 0 Å². The van der Waals surface area contributed by atoms with Crippen molar-refractivity contribution in [3.05, 3.63) is 29.9 Å². The second-order valence-corrected chi connectivity index (χ2v) is 5.98. The first-order chi connectivity index (χ1) is 9.58. The summed E-state index contributed by atoms with van der Waals surface area (Å²) in [7, 11) is 1.99. The standard InChI is InChI=1S/C15H22N4O/c1-11(2)19-8-12(15(20)18-6-4-5-7-18)14-13(9-19)16-10-17(14)3/h4-5,10-12H,6-9H2,1-3H3/t12-/m1/s1. The van der Waals surface area contributed by atoms with Crippen LogP contribution in [0.2, 0.25) is 0 Å². The van der Waals surface area contributed by atoms with Gasteiger partial charge in [-0.2, -0.15) is 0 Å². The third-order valence-electron chi connectivity index (χ3n) is 4.32. The highest BCUT2D eigenvalue weighted by atomic mass is 16.2. The molecular formula is C15H22N4O. The van der Waals surface area contributed by atoms with E-state index in [9.17, 15) is 4.79 Å². The molecule has 20 heavy (non-hydrogen) atoms. The number of fused-ring (bicyclic) bond motifs is 1. The molecule has 0 radical (unpaired) electrons. The highest BCUT2D eigenvalue weighted by molar-refractivity contribution is 5.84. The van der Waals surface area contributed by atoms with Gasteiger partial charge in [0.1, 0.15) is 0 Å². The average Bonchev–Trinajstić information content (AvgIpc) is 3.07. The second kappa shape index (κ2) is 5.05. The number of hydrogen-bond donors (Lipinski definition) is 0. The molecule has 108 valence electrons. The van der Waals surface area contributed by atoms with Crippen molar-refractivity contribution < 1.29 is 4.79 Å². The Hall–Kier alpha value is -1.62. The van der Waals surface area contributed by atoms with Gasteiger partial charge in [0.2, 0.25) is 5.91 Å². The van der Waals surface area contributed by atoms with Crippen molar-refractivity contribution in [3.8, 4) is 0 Å². The Balaban J connectivity index is 1.91. The van der Waals surface area contributed by atoms with Gasteiger partial charge in [0.25, 0.3) is 0 Å². The van der Waals surface area contributed by atoms with Gasteiger partial charge in [-0.1, -0.05) is 12.2 Å². The van der Waals surface area contributed by atoms with E-state index < -0.39 is 0 Å². The van der Waals surface area contributed by atoms with E-state index in [2.05, 4.69) is 35.9 Å². The van der Waals surface area contributed by atoms with Crippen molar-refractivity contribution >= 4 is 5.91 Å². The second-order valence-electron chi connectivity index (χ2n) is 5.98. The summed E-state index contributed by atoms with van der Waals surface area (Å²) in [4.78, 5) is 21.5. The Bertz CT molecular complexity index is 538. The van der Waals surface area contributed by atoms with Crippen LogP contribution in [0.3, 0.4) is 0 Å². The molecule has 1 aromatic rings. The Labute approximate surface area is 119 Å². The zero-order valence-corrected chi connectivity index (χ0v) is 12.4. The van der Waals surface area contributed by atoms with Crippen LogP contribution in [0, 0.1) is 0 Å². The monoisotopic (exact) mass is 274 g/mol.